The lowest BCUT2D eigenvalue weighted by atomic mass is 9.88. The average molecular weight is 474 g/mol. The molecule has 1 aliphatic carbocycles. The summed E-state index contributed by atoms with van der Waals surface area (Å²) in [4.78, 5) is 25.7. The van der Waals surface area contributed by atoms with Gasteiger partial charge in [-0.3, -0.25) is 4.79 Å². The Hall–Kier alpha value is -3.20. The molecule has 1 saturated carbocycles. The van der Waals surface area contributed by atoms with E-state index in [4.69, 9.17) is 9.15 Å². The van der Waals surface area contributed by atoms with Crippen LogP contribution >= 0.6 is 0 Å². The Morgan fingerprint density at radius 2 is 1.73 bits per heavy atom. The van der Waals surface area contributed by atoms with E-state index in [0.717, 1.165) is 47.8 Å². The van der Waals surface area contributed by atoms with E-state index in [0.29, 0.717) is 29.6 Å². The maximum Gasteiger partial charge on any atom is 0.342 e. The number of sulfonamides is 1. The van der Waals surface area contributed by atoms with Gasteiger partial charge in [0, 0.05) is 11.3 Å². The number of hydrogen-bond acceptors (Lipinski definition) is 6. The first-order valence-corrected chi connectivity index (χ1v) is 12.1. The summed E-state index contributed by atoms with van der Waals surface area (Å²) in [6.07, 6.45) is 3.86. The van der Waals surface area contributed by atoms with Gasteiger partial charge >= 0.3 is 5.97 Å². The molecule has 1 aliphatic rings. The number of amides is 1. The number of carbonyl (C=O) groups excluding carboxylic acids is 2. The highest BCUT2D eigenvalue weighted by Crippen LogP contribution is 2.35. The summed E-state index contributed by atoms with van der Waals surface area (Å²) in [7, 11) is -3.11. The van der Waals surface area contributed by atoms with Crippen molar-refractivity contribution in [2.24, 2.45) is 5.92 Å². The van der Waals surface area contributed by atoms with Gasteiger partial charge in [-0.2, -0.15) is 0 Å². The largest absolute Gasteiger partial charge is 0.465 e. The van der Waals surface area contributed by atoms with Crippen LogP contribution in [0.3, 0.4) is 0 Å². The SMILES string of the molecule is COC(=O)c1c(C)oc2ccc(N(C(=O)C3CCCCC3)S(=O)(=O)c3ccc(F)cc3)cc12. The third-order valence-electron chi connectivity index (χ3n) is 5.98. The summed E-state index contributed by atoms with van der Waals surface area (Å²) in [5, 5.41) is 0.340. The molecule has 174 valence electrons. The summed E-state index contributed by atoms with van der Waals surface area (Å²) in [5.74, 6) is -1.89. The van der Waals surface area contributed by atoms with E-state index >= 15 is 0 Å². The van der Waals surface area contributed by atoms with Gasteiger partial charge in [0.25, 0.3) is 10.0 Å². The molecule has 7 nitrogen and oxygen atoms in total. The normalized spacial score (nSPS) is 14.9. The zero-order valence-electron chi connectivity index (χ0n) is 18.3. The molecule has 1 amide bonds. The number of anilines is 1. The van der Waals surface area contributed by atoms with Crippen LogP contribution in [0, 0.1) is 18.7 Å². The van der Waals surface area contributed by atoms with Crippen molar-refractivity contribution >= 4 is 38.6 Å². The molecule has 4 rings (SSSR count). The summed E-state index contributed by atoms with van der Waals surface area (Å²) >= 11 is 0. The number of aryl methyl sites for hydroxylation is 1. The number of rotatable bonds is 5. The number of fused-ring (bicyclic) bond motifs is 1. The van der Waals surface area contributed by atoms with Gasteiger partial charge in [-0.25, -0.2) is 21.9 Å². The first kappa shape index (κ1) is 23.0. The molecular weight excluding hydrogens is 449 g/mol. The Morgan fingerprint density at radius 1 is 1.06 bits per heavy atom. The molecule has 0 aliphatic heterocycles. The van der Waals surface area contributed by atoms with E-state index in [1.807, 2.05) is 0 Å². The molecule has 0 spiro atoms. The van der Waals surface area contributed by atoms with Crippen LogP contribution in [-0.2, 0) is 19.6 Å². The Bertz CT molecular complexity index is 1310. The molecule has 1 heterocycles. The van der Waals surface area contributed by atoms with Crippen molar-refractivity contribution in [1.82, 2.24) is 0 Å². The van der Waals surface area contributed by atoms with Crippen LogP contribution in [0.4, 0.5) is 10.1 Å². The number of halogens is 1. The zero-order valence-corrected chi connectivity index (χ0v) is 19.2. The summed E-state index contributed by atoms with van der Waals surface area (Å²) in [6.45, 7) is 1.60. The van der Waals surface area contributed by atoms with Gasteiger partial charge in [0.2, 0.25) is 5.91 Å². The van der Waals surface area contributed by atoms with Crippen molar-refractivity contribution in [3.8, 4) is 0 Å². The Morgan fingerprint density at radius 3 is 2.36 bits per heavy atom. The van der Waals surface area contributed by atoms with E-state index in [9.17, 15) is 22.4 Å². The van der Waals surface area contributed by atoms with Crippen LogP contribution < -0.4 is 4.31 Å². The fourth-order valence-electron chi connectivity index (χ4n) is 4.30. The molecule has 1 fully saturated rings. The first-order valence-electron chi connectivity index (χ1n) is 10.7. The molecule has 0 N–H and O–H groups in total. The molecule has 0 bridgehead atoms. The third kappa shape index (κ3) is 4.25. The molecule has 0 saturated heterocycles. The standard InChI is InChI=1S/C24H24FNO6S/c1-15-22(24(28)31-2)20-14-18(10-13-21(20)32-15)26(23(27)16-6-4-3-5-7-16)33(29,30)19-11-8-17(25)9-12-19/h8-14,16H,3-7H2,1-2H3. The highest BCUT2D eigenvalue weighted by Gasteiger charge is 2.36. The Balaban J connectivity index is 1.89. The highest BCUT2D eigenvalue weighted by atomic mass is 32.2. The first-order chi connectivity index (χ1) is 15.7. The van der Waals surface area contributed by atoms with Crippen LogP contribution in [0.2, 0.25) is 0 Å². The van der Waals surface area contributed by atoms with Crippen LogP contribution in [0.5, 0.6) is 0 Å². The smallest absolute Gasteiger partial charge is 0.342 e. The van der Waals surface area contributed by atoms with Gasteiger partial charge in [-0.05, 0) is 62.2 Å². The molecular formula is C24H24FNO6S. The van der Waals surface area contributed by atoms with Gasteiger partial charge in [-0.15, -0.1) is 0 Å². The molecule has 3 aromatic rings. The van der Waals surface area contributed by atoms with E-state index in [1.165, 1.54) is 25.3 Å². The minimum Gasteiger partial charge on any atom is -0.465 e. The number of esters is 1. The lowest BCUT2D eigenvalue weighted by Gasteiger charge is -2.29. The zero-order chi connectivity index (χ0) is 23.8. The number of nitrogens with zero attached hydrogens (tertiary/aromatic N) is 1. The summed E-state index contributed by atoms with van der Waals surface area (Å²) in [5.41, 5.74) is 0.604. The predicted octanol–water partition coefficient (Wildman–Crippen LogP) is 4.97. The van der Waals surface area contributed by atoms with Crippen molar-refractivity contribution in [1.29, 1.82) is 0 Å². The van der Waals surface area contributed by atoms with Gasteiger partial charge in [0.1, 0.15) is 22.7 Å². The lowest BCUT2D eigenvalue weighted by molar-refractivity contribution is -0.122. The highest BCUT2D eigenvalue weighted by molar-refractivity contribution is 7.93. The number of furan rings is 1. The van der Waals surface area contributed by atoms with Gasteiger partial charge < -0.3 is 9.15 Å². The van der Waals surface area contributed by atoms with Gasteiger partial charge in [0.05, 0.1) is 17.7 Å². The fourth-order valence-corrected chi connectivity index (χ4v) is 5.77. The van der Waals surface area contributed by atoms with Crippen LogP contribution in [0.15, 0.2) is 51.8 Å². The maximum atomic E-state index is 13.6. The monoisotopic (exact) mass is 473 g/mol. The Labute approximate surface area is 191 Å². The minimum absolute atomic E-state index is 0.0772. The fraction of sp³-hybridized carbons (Fsp3) is 0.333. The number of carbonyl (C=O) groups is 2. The Kier molecular flexibility index (Phi) is 6.25. The van der Waals surface area contributed by atoms with Crippen LogP contribution in [0.1, 0.15) is 48.2 Å². The second-order valence-corrected chi connectivity index (χ2v) is 9.89. The van der Waals surface area contributed by atoms with Crippen LogP contribution in [0.25, 0.3) is 11.0 Å². The quantitative estimate of drug-likeness (QED) is 0.486. The molecule has 0 atom stereocenters. The van der Waals surface area contributed by atoms with E-state index in [2.05, 4.69) is 0 Å². The second-order valence-electron chi connectivity index (χ2n) is 8.10. The number of methoxy groups -OCH3 is 1. The third-order valence-corrected chi connectivity index (χ3v) is 7.72. The van der Waals surface area contributed by atoms with Crippen LogP contribution in [-0.4, -0.2) is 27.4 Å². The van der Waals surface area contributed by atoms with Crippen molar-refractivity contribution in [3.05, 3.63) is 59.6 Å². The lowest BCUT2D eigenvalue weighted by Crippen LogP contribution is -2.41. The molecule has 0 unspecified atom stereocenters. The van der Waals surface area contributed by atoms with E-state index in [-0.39, 0.29) is 16.1 Å². The average Bonchev–Trinajstić information content (AvgIpc) is 3.14. The molecule has 2 aromatic carbocycles. The number of ether oxygens (including phenoxy) is 1. The van der Waals surface area contributed by atoms with Crippen molar-refractivity contribution in [2.75, 3.05) is 11.4 Å². The van der Waals surface area contributed by atoms with Gasteiger partial charge in [-0.1, -0.05) is 19.3 Å². The van der Waals surface area contributed by atoms with Crippen molar-refractivity contribution in [2.45, 2.75) is 43.9 Å². The number of benzene rings is 2. The summed E-state index contributed by atoms with van der Waals surface area (Å²) < 4.78 is 51.9. The summed E-state index contributed by atoms with van der Waals surface area (Å²) in [6, 6.07) is 8.76. The van der Waals surface area contributed by atoms with Crippen molar-refractivity contribution < 1.29 is 31.6 Å². The second kappa shape index (κ2) is 8.97. The molecule has 33 heavy (non-hydrogen) atoms. The van der Waals surface area contributed by atoms with Crippen molar-refractivity contribution in [3.63, 3.8) is 0 Å². The van der Waals surface area contributed by atoms with Gasteiger partial charge in [0.15, 0.2) is 0 Å². The molecule has 9 heteroatoms. The van der Waals surface area contributed by atoms with E-state index in [1.54, 1.807) is 6.92 Å². The number of hydrogen-bond donors (Lipinski definition) is 0. The topological polar surface area (TPSA) is 93.9 Å². The maximum absolute atomic E-state index is 13.6. The molecule has 1 aromatic heterocycles. The minimum atomic E-state index is -4.35. The predicted molar refractivity (Wildman–Crippen MR) is 120 cm³/mol. The molecule has 0 radical (unpaired) electrons. The van der Waals surface area contributed by atoms with E-state index < -0.39 is 33.6 Å².